The van der Waals surface area contributed by atoms with Gasteiger partial charge in [-0.1, -0.05) is 121 Å². The van der Waals surface area contributed by atoms with E-state index < -0.39 is 0 Å². The molecular weight excluding hydrogens is 599 g/mol. The molecule has 10 rings (SSSR count). The highest BCUT2D eigenvalue weighted by Gasteiger charge is 2.18. The molecule has 3 heteroatoms. The first-order valence-electron chi connectivity index (χ1n) is 16.6. The van der Waals surface area contributed by atoms with Crippen LogP contribution in [0.5, 0.6) is 0 Å². The molecule has 2 aromatic heterocycles. The van der Waals surface area contributed by atoms with Crippen LogP contribution in [0.4, 0.5) is 17.1 Å². The lowest BCUT2D eigenvalue weighted by molar-refractivity contribution is 0.670. The quantitative estimate of drug-likeness (QED) is 0.190. The van der Waals surface area contributed by atoms with E-state index in [1.807, 2.05) is 24.3 Å². The molecule has 10 aromatic rings. The Morgan fingerprint density at radius 3 is 1.59 bits per heavy atom. The zero-order valence-corrected chi connectivity index (χ0v) is 26.5. The Morgan fingerprint density at radius 2 is 0.878 bits per heavy atom. The van der Waals surface area contributed by atoms with Gasteiger partial charge in [0.05, 0.1) is 0 Å². The lowest BCUT2D eigenvalue weighted by Gasteiger charge is -2.26. The molecule has 0 N–H and O–H groups in total. The lowest BCUT2D eigenvalue weighted by Crippen LogP contribution is -2.09. The van der Waals surface area contributed by atoms with Crippen molar-refractivity contribution in [1.82, 2.24) is 0 Å². The van der Waals surface area contributed by atoms with Gasteiger partial charge in [0.25, 0.3) is 0 Å². The molecule has 0 amide bonds. The van der Waals surface area contributed by atoms with Gasteiger partial charge in [-0.05, 0) is 76.5 Å². The highest BCUT2D eigenvalue weighted by atomic mass is 16.3. The minimum Gasteiger partial charge on any atom is -0.455 e. The fraction of sp³-hybridized carbons (Fsp3) is 0. The predicted octanol–water partition coefficient (Wildman–Crippen LogP) is 13.4. The van der Waals surface area contributed by atoms with Crippen molar-refractivity contribution in [2.24, 2.45) is 0 Å². The minimum absolute atomic E-state index is 0.904. The van der Waals surface area contributed by atoms with Crippen molar-refractivity contribution < 1.29 is 8.83 Å². The second-order valence-electron chi connectivity index (χ2n) is 12.5. The van der Waals surface area contributed by atoms with E-state index in [4.69, 9.17) is 8.83 Å². The highest BCUT2D eigenvalue weighted by molar-refractivity contribution is 6.18. The molecule has 3 nitrogen and oxygen atoms in total. The first kappa shape index (κ1) is 27.5. The minimum atomic E-state index is 0.904. The number of hydrogen-bond donors (Lipinski definition) is 0. The third-order valence-corrected chi connectivity index (χ3v) is 9.66. The summed E-state index contributed by atoms with van der Waals surface area (Å²) in [6, 6.07) is 61.9. The van der Waals surface area contributed by atoms with E-state index >= 15 is 0 Å². The topological polar surface area (TPSA) is 29.5 Å². The summed E-state index contributed by atoms with van der Waals surface area (Å²) in [5.41, 5.74) is 11.3. The number of hydrogen-bond acceptors (Lipinski definition) is 3. The van der Waals surface area contributed by atoms with Crippen molar-refractivity contribution in [2.75, 3.05) is 4.90 Å². The van der Waals surface area contributed by atoms with Crippen LogP contribution in [0.3, 0.4) is 0 Å². The molecule has 0 radical (unpaired) electrons. The Bertz CT molecular complexity index is 2810. The average molecular weight is 628 g/mol. The molecule has 0 unspecified atom stereocenters. The van der Waals surface area contributed by atoms with Crippen LogP contribution in [-0.2, 0) is 0 Å². The van der Waals surface area contributed by atoms with E-state index in [2.05, 4.69) is 157 Å². The normalized spacial score (nSPS) is 11.7. The molecule has 2 heterocycles. The van der Waals surface area contributed by atoms with Gasteiger partial charge in [-0.3, -0.25) is 0 Å². The van der Waals surface area contributed by atoms with Crippen molar-refractivity contribution in [1.29, 1.82) is 0 Å². The average Bonchev–Trinajstić information content (AvgIpc) is 3.73. The zero-order chi connectivity index (χ0) is 32.3. The van der Waals surface area contributed by atoms with Crippen LogP contribution in [0, 0.1) is 0 Å². The maximum atomic E-state index is 6.54. The number of rotatable bonds is 5. The third-order valence-electron chi connectivity index (χ3n) is 9.66. The summed E-state index contributed by atoms with van der Waals surface area (Å²) in [4.78, 5) is 2.30. The molecule has 230 valence electrons. The van der Waals surface area contributed by atoms with E-state index in [0.717, 1.165) is 83.2 Å². The monoisotopic (exact) mass is 627 g/mol. The Morgan fingerprint density at radius 1 is 0.347 bits per heavy atom. The predicted molar refractivity (Wildman–Crippen MR) is 204 cm³/mol. The van der Waals surface area contributed by atoms with E-state index in [9.17, 15) is 0 Å². The Kier molecular flexibility index (Phi) is 6.18. The van der Waals surface area contributed by atoms with Crippen LogP contribution in [-0.4, -0.2) is 0 Å². The summed E-state index contributed by atoms with van der Waals surface area (Å²) >= 11 is 0. The summed E-state index contributed by atoms with van der Waals surface area (Å²) in [6.07, 6.45) is 0. The van der Waals surface area contributed by atoms with Crippen LogP contribution in [0.25, 0.3) is 76.9 Å². The summed E-state index contributed by atoms with van der Waals surface area (Å²) in [5, 5.41) is 6.92. The van der Waals surface area contributed by atoms with Gasteiger partial charge in [-0.2, -0.15) is 0 Å². The second kappa shape index (κ2) is 11.0. The van der Waals surface area contributed by atoms with Crippen molar-refractivity contribution in [3.05, 3.63) is 176 Å². The summed E-state index contributed by atoms with van der Waals surface area (Å²) in [6.45, 7) is 0. The molecule has 8 aromatic carbocycles. The summed E-state index contributed by atoms with van der Waals surface area (Å²) in [5.74, 6) is 0. The molecule has 0 saturated carbocycles. The maximum absolute atomic E-state index is 6.54. The van der Waals surface area contributed by atoms with Gasteiger partial charge in [0.2, 0.25) is 0 Å². The van der Waals surface area contributed by atoms with Gasteiger partial charge in [0.1, 0.15) is 22.3 Å². The fourth-order valence-corrected chi connectivity index (χ4v) is 7.38. The molecule has 0 bridgehead atoms. The lowest BCUT2D eigenvalue weighted by atomic mass is 9.95. The van der Waals surface area contributed by atoms with Gasteiger partial charge >= 0.3 is 0 Å². The largest absolute Gasteiger partial charge is 0.455 e. The van der Waals surface area contributed by atoms with E-state index in [0.29, 0.717) is 0 Å². The Balaban J connectivity index is 1.08. The molecule has 0 aliphatic rings. The standard InChI is InChI=1S/C46H29NO2/c1-2-12-33(13-3-1)47(34-25-21-30(22-26-34)37-17-10-18-40-38-15-6-8-19-42(38)48-45(37)40)35-27-23-31(24-28-35)44-36-14-5-4-11-32(36)29-41-39-16-7-9-20-43(39)49-46(41)44/h1-29H. The van der Waals surface area contributed by atoms with Crippen LogP contribution in [0.15, 0.2) is 185 Å². The van der Waals surface area contributed by atoms with Crippen molar-refractivity contribution in [3.8, 4) is 22.3 Å². The Labute approximate surface area is 282 Å². The molecule has 0 spiro atoms. The van der Waals surface area contributed by atoms with Gasteiger partial charge < -0.3 is 13.7 Å². The van der Waals surface area contributed by atoms with E-state index in [1.54, 1.807) is 0 Å². The van der Waals surface area contributed by atoms with Crippen molar-refractivity contribution in [2.45, 2.75) is 0 Å². The highest BCUT2D eigenvalue weighted by Crippen LogP contribution is 2.43. The molecule has 0 fully saturated rings. The fourth-order valence-electron chi connectivity index (χ4n) is 7.38. The Hall–Kier alpha value is -6.58. The second-order valence-corrected chi connectivity index (χ2v) is 12.5. The van der Waals surface area contributed by atoms with Gasteiger partial charge in [0.15, 0.2) is 0 Å². The molecule has 0 atom stereocenters. The van der Waals surface area contributed by atoms with Crippen molar-refractivity contribution >= 4 is 71.7 Å². The number of para-hydroxylation sites is 4. The zero-order valence-electron chi connectivity index (χ0n) is 26.5. The molecular formula is C46H29NO2. The van der Waals surface area contributed by atoms with Crippen LogP contribution >= 0.6 is 0 Å². The van der Waals surface area contributed by atoms with E-state index in [-0.39, 0.29) is 0 Å². The third kappa shape index (κ3) is 4.44. The van der Waals surface area contributed by atoms with Gasteiger partial charge in [0, 0.05) is 49.7 Å². The smallest absolute Gasteiger partial charge is 0.143 e. The number of fused-ring (bicyclic) bond motifs is 7. The number of furan rings is 2. The first-order valence-corrected chi connectivity index (χ1v) is 16.6. The molecule has 0 aliphatic heterocycles. The van der Waals surface area contributed by atoms with E-state index in [1.165, 1.54) is 10.8 Å². The van der Waals surface area contributed by atoms with Gasteiger partial charge in [-0.25, -0.2) is 0 Å². The van der Waals surface area contributed by atoms with Crippen LogP contribution in [0.2, 0.25) is 0 Å². The maximum Gasteiger partial charge on any atom is 0.143 e. The first-order chi connectivity index (χ1) is 24.3. The number of nitrogens with zero attached hydrogens (tertiary/aromatic N) is 1. The molecule has 0 saturated heterocycles. The molecule has 0 aliphatic carbocycles. The number of benzene rings is 8. The SMILES string of the molecule is c1ccc(N(c2ccc(-c3cccc4c3oc3ccccc34)cc2)c2ccc(-c3c4ccccc4cc4c3oc3ccccc34)cc2)cc1. The summed E-state index contributed by atoms with van der Waals surface area (Å²) in [7, 11) is 0. The van der Waals surface area contributed by atoms with Crippen LogP contribution in [0.1, 0.15) is 0 Å². The van der Waals surface area contributed by atoms with Crippen LogP contribution < -0.4 is 4.90 Å². The molecule has 49 heavy (non-hydrogen) atoms. The summed E-state index contributed by atoms with van der Waals surface area (Å²) < 4.78 is 12.9. The van der Waals surface area contributed by atoms with Gasteiger partial charge in [-0.15, -0.1) is 0 Å². The van der Waals surface area contributed by atoms with Crippen molar-refractivity contribution in [3.63, 3.8) is 0 Å². The number of anilines is 3.